The number of aromatic nitrogens is 2. The van der Waals surface area contributed by atoms with Gasteiger partial charge >= 0.3 is 19.8 Å². The van der Waals surface area contributed by atoms with Crippen LogP contribution in [0.4, 0.5) is 10.1 Å². The van der Waals surface area contributed by atoms with Gasteiger partial charge in [-0.3, -0.25) is 14.3 Å². The molecule has 0 saturated carbocycles. The van der Waals surface area contributed by atoms with Crippen molar-refractivity contribution in [1.29, 1.82) is 0 Å². The Kier molecular flexibility index (Phi) is 8.29. The molecule has 3 rings (SSSR count). The van der Waals surface area contributed by atoms with Crippen molar-refractivity contribution in [2.75, 3.05) is 11.3 Å². The average Bonchev–Trinajstić information content (AvgIpc) is 3.02. The Morgan fingerprint density at radius 3 is 2.58 bits per heavy atom. The molecule has 0 spiro atoms. The van der Waals surface area contributed by atoms with Crippen LogP contribution in [0.3, 0.4) is 0 Å². The van der Waals surface area contributed by atoms with Gasteiger partial charge in [-0.25, -0.2) is 14.0 Å². The number of nitrogens with one attached hydrogen (secondary N) is 1. The zero-order chi connectivity index (χ0) is 26.8. The molecular weight excluding hydrogens is 500 g/mol. The summed E-state index contributed by atoms with van der Waals surface area (Å²) in [6.07, 6.45) is -4.21. The average molecular weight is 528 g/mol. The molecule has 0 amide bonds. The molecule has 196 valence electrons. The Balaban J connectivity index is 1.81. The van der Waals surface area contributed by atoms with Crippen molar-refractivity contribution in [3.8, 4) is 5.75 Å². The zero-order valence-electron chi connectivity index (χ0n) is 20.0. The van der Waals surface area contributed by atoms with Gasteiger partial charge < -0.3 is 19.7 Å². The van der Waals surface area contributed by atoms with Crippen molar-refractivity contribution in [3.63, 3.8) is 0 Å². The van der Waals surface area contributed by atoms with Gasteiger partial charge in [-0.1, -0.05) is 12.1 Å². The molecule has 0 bridgehead atoms. The molecule has 1 unspecified atom stereocenters. The van der Waals surface area contributed by atoms with Crippen molar-refractivity contribution in [2.45, 2.75) is 63.9 Å². The number of hydrogen-bond acceptors (Lipinski definition) is 9. The molecule has 0 radical (unpaired) electrons. The van der Waals surface area contributed by atoms with E-state index < -0.39 is 68.3 Å². The van der Waals surface area contributed by atoms with Gasteiger partial charge in [0.05, 0.1) is 6.10 Å². The summed E-state index contributed by atoms with van der Waals surface area (Å²) in [5.74, 6) is -1.01. The van der Waals surface area contributed by atoms with Crippen LogP contribution in [0.5, 0.6) is 5.75 Å². The predicted molar refractivity (Wildman–Crippen MR) is 126 cm³/mol. The zero-order valence-corrected chi connectivity index (χ0v) is 20.9. The first-order chi connectivity index (χ1) is 16.8. The second kappa shape index (κ2) is 10.9. The second-order valence-electron chi connectivity index (χ2n) is 8.67. The molecule has 1 fully saturated rings. The molecule has 1 aromatic heterocycles. The molecule has 0 aliphatic carbocycles. The predicted octanol–water partition coefficient (Wildman–Crippen LogP) is 1.75. The number of aliphatic hydroxyl groups excluding tert-OH is 1. The number of aromatic hydroxyl groups is 1. The van der Waals surface area contributed by atoms with E-state index in [0.29, 0.717) is 0 Å². The summed E-state index contributed by atoms with van der Waals surface area (Å²) in [6, 6.07) is 5.68. The molecule has 2 aromatic rings. The fraction of sp³-hybridized carbons (Fsp3) is 0.500. The molecule has 3 N–H and O–H groups in total. The minimum Gasteiger partial charge on any atom is -0.506 e. The van der Waals surface area contributed by atoms with E-state index in [0.717, 1.165) is 28.4 Å². The number of phenols is 1. The Labute approximate surface area is 206 Å². The number of aliphatic hydroxyl groups is 1. The van der Waals surface area contributed by atoms with E-state index in [1.165, 1.54) is 25.1 Å². The quantitative estimate of drug-likeness (QED) is 0.323. The van der Waals surface area contributed by atoms with E-state index in [9.17, 15) is 29.2 Å². The van der Waals surface area contributed by atoms with Gasteiger partial charge in [0.25, 0.3) is 5.56 Å². The van der Waals surface area contributed by atoms with Gasteiger partial charge in [0.1, 0.15) is 30.3 Å². The van der Waals surface area contributed by atoms with E-state index in [-0.39, 0.29) is 11.4 Å². The van der Waals surface area contributed by atoms with Gasteiger partial charge in [0.15, 0.2) is 17.9 Å². The molecule has 1 aliphatic rings. The van der Waals surface area contributed by atoms with E-state index >= 15 is 4.39 Å². The van der Waals surface area contributed by atoms with Crippen molar-refractivity contribution < 1.29 is 38.0 Å². The lowest BCUT2D eigenvalue weighted by Gasteiger charge is -2.24. The Morgan fingerprint density at radius 1 is 1.31 bits per heavy atom. The van der Waals surface area contributed by atoms with Gasteiger partial charge in [-0.2, -0.15) is 0 Å². The summed E-state index contributed by atoms with van der Waals surface area (Å²) in [5.41, 5.74) is -4.10. The number of aromatic amines is 1. The van der Waals surface area contributed by atoms with E-state index in [1.54, 1.807) is 19.9 Å². The molecule has 12 nitrogen and oxygen atoms in total. The number of carbonyl (C=O) groups excluding carboxylic acids is 1. The van der Waals surface area contributed by atoms with Gasteiger partial charge in [-0.05, 0) is 44.4 Å². The minimum atomic E-state index is -2.89. The monoisotopic (exact) mass is 528 g/mol. The van der Waals surface area contributed by atoms with E-state index in [4.69, 9.17) is 14.0 Å². The first-order valence-corrected chi connectivity index (χ1v) is 12.2. The number of para-hydroxylation sites is 2. The van der Waals surface area contributed by atoms with E-state index in [2.05, 4.69) is 0 Å². The van der Waals surface area contributed by atoms with Crippen LogP contribution >= 0.6 is 8.18 Å². The standard InChI is InChI=1S/C22H27FN3O9P/c1-12(2)34-19(30)13(3)26(14-7-5-6-8-15(14)27)36(32)33-11-16-18(29)22(4,23)20(35-16)25-10-9-17(28)24-21(25)31/h5-10,12-13,16,18,20,29H,11H2,1-4H3,(H-,24,27,28,31)/p+1/t13-,16+,18+,20+,22+/m0/s1. The molecule has 2 heterocycles. The smallest absolute Gasteiger partial charge is 0.506 e. The number of phenolic OH excluding ortho intramolecular Hbond substituents is 1. The van der Waals surface area contributed by atoms with Crippen LogP contribution in [0.2, 0.25) is 0 Å². The third-order valence-electron chi connectivity index (χ3n) is 5.53. The largest absolute Gasteiger partial charge is 0.646 e. The molecule has 14 heteroatoms. The number of alkyl halides is 1. The van der Waals surface area contributed by atoms with Crippen molar-refractivity contribution >= 4 is 19.8 Å². The van der Waals surface area contributed by atoms with Crippen molar-refractivity contribution in [3.05, 3.63) is 57.4 Å². The van der Waals surface area contributed by atoms with Crippen molar-refractivity contribution in [2.24, 2.45) is 0 Å². The molecule has 36 heavy (non-hydrogen) atoms. The summed E-state index contributed by atoms with van der Waals surface area (Å²) in [5, 5.41) is 20.8. The van der Waals surface area contributed by atoms with Crippen LogP contribution < -0.4 is 15.9 Å². The Bertz CT molecular complexity index is 1230. The van der Waals surface area contributed by atoms with Crippen LogP contribution in [0.1, 0.15) is 33.9 Å². The second-order valence-corrected chi connectivity index (χ2v) is 9.83. The number of nitrogens with zero attached hydrogens (tertiary/aromatic N) is 2. The number of benzene rings is 1. The molecule has 1 aliphatic heterocycles. The maximum atomic E-state index is 15.4. The van der Waals surface area contributed by atoms with Gasteiger partial charge in [0.2, 0.25) is 0 Å². The van der Waals surface area contributed by atoms with Gasteiger partial charge in [0, 0.05) is 12.3 Å². The summed E-state index contributed by atoms with van der Waals surface area (Å²) in [6.45, 7) is 5.11. The summed E-state index contributed by atoms with van der Waals surface area (Å²) < 4.78 is 46.5. The lowest BCUT2D eigenvalue weighted by atomic mass is 9.98. The SMILES string of the molecule is CC(C)OC(=O)[C@H](C)N(c1ccccc1O)[P+](=O)OC[C@H]1O[C@@H](n2ccc(=O)[nH]c2=O)[C@](C)(F)[C@@H]1O. The molecule has 1 aromatic carbocycles. The Morgan fingerprint density at radius 2 is 1.97 bits per heavy atom. The highest BCUT2D eigenvalue weighted by atomic mass is 31.1. The fourth-order valence-corrected chi connectivity index (χ4v) is 4.81. The number of ether oxygens (including phenoxy) is 2. The third-order valence-corrected chi connectivity index (χ3v) is 6.82. The molecule has 6 atom stereocenters. The molecular formula is C22H28FN3O9P+. The summed E-state index contributed by atoms with van der Waals surface area (Å²) in [4.78, 5) is 38.0. The summed E-state index contributed by atoms with van der Waals surface area (Å²) >= 11 is 0. The van der Waals surface area contributed by atoms with Crippen LogP contribution in [0.25, 0.3) is 0 Å². The molecule has 1 saturated heterocycles. The lowest BCUT2D eigenvalue weighted by molar-refractivity contribution is -0.148. The first kappa shape index (κ1) is 27.5. The normalized spacial score (nSPS) is 25.0. The summed E-state index contributed by atoms with van der Waals surface area (Å²) in [7, 11) is -2.89. The third kappa shape index (κ3) is 5.65. The van der Waals surface area contributed by atoms with Crippen LogP contribution in [0, 0.1) is 0 Å². The number of hydrogen-bond donors (Lipinski definition) is 3. The highest BCUT2D eigenvalue weighted by Crippen LogP contribution is 2.44. The lowest BCUT2D eigenvalue weighted by Crippen LogP contribution is -2.43. The van der Waals surface area contributed by atoms with Gasteiger partial charge in [-0.15, -0.1) is 9.19 Å². The topological polar surface area (TPSA) is 160 Å². The van der Waals surface area contributed by atoms with E-state index in [1.807, 2.05) is 4.98 Å². The first-order valence-electron chi connectivity index (χ1n) is 11.1. The Hall–Kier alpha value is -3.12. The highest BCUT2D eigenvalue weighted by Gasteiger charge is 2.56. The van der Waals surface area contributed by atoms with Crippen LogP contribution in [-0.2, 0) is 23.4 Å². The van der Waals surface area contributed by atoms with Crippen molar-refractivity contribution in [1.82, 2.24) is 9.55 Å². The fourth-order valence-electron chi connectivity index (χ4n) is 3.69. The van der Waals surface area contributed by atoms with Crippen LogP contribution in [-0.4, -0.2) is 62.4 Å². The van der Waals surface area contributed by atoms with Crippen LogP contribution in [0.15, 0.2) is 46.1 Å². The number of rotatable bonds is 9. The highest BCUT2D eigenvalue weighted by molar-refractivity contribution is 7.41. The maximum Gasteiger partial charge on any atom is 0.646 e. The maximum absolute atomic E-state index is 15.4. The number of halogens is 1. The minimum absolute atomic E-state index is 0.0210. The number of esters is 1. The number of anilines is 1. The number of H-pyrrole nitrogens is 1. The number of carbonyl (C=O) groups is 1.